The summed E-state index contributed by atoms with van der Waals surface area (Å²) in [6.45, 7) is 1.84. The number of pyridine rings is 1. The minimum atomic E-state index is -0.134. The van der Waals surface area contributed by atoms with E-state index in [9.17, 15) is 4.79 Å². The Bertz CT molecular complexity index is 1140. The summed E-state index contributed by atoms with van der Waals surface area (Å²) in [5.41, 5.74) is 3.40. The van der Waals surface area contributed by atoms with Crippen LogP contribution in [0.2, 0.25) is 0 Å². The Hall–Kier alpha value is -3.64. The van der Waals surface area contributed by atoms with Crippen LogP contribution in [-0.2, 0) is 13.1 Å². The molecule has 2 aliphatic rings. The van der Waals surface area contributed by atoms with E-state index in [0.717, 1.165) is 29.0 Å². The molecule has 0 radical (unpaired) electrons. The quantitative estimate of drug-likeness (QED) is 0.616. The zero-order chi connectivity index (χ0) is 20.5. The highest BCUT2D eigenvalue weighted by atomic mass is 16.5. The smallest absolute Gasteiger partial charge is 0.231 e. The molecule has 0 saturated heterocycles. The van der Waals surface area contributed by atoms with Crippen molar-refractivity contribution in [1.82, 2.24) is 9.88 Å². The molecule has 1 aromatic heterocycles. The highest BCUT2D eigenvalue weighted by molar-refractivity contribution is 6.15. The van der Waals surface area contributed by atoms with Gasteiger partial charge in [-0.25, -0.2) is 0 Å². The first kappa shape index (κ1) is 18.4. The van der Waals surface area contributed by atoms with Crippen molar-refractivity contribution < 1.29 is 19.0 Å². The number of nitrogens with zero attached hydrogens (tertiary/aromatic N) is 2. The first-order valence-electron chi connectivity index (χ1n) is 9.70. The third-order valence-corrected chi connectivity index (χ3v) is 5.26. The number of ketones is 1. The van der Waals surface area contributed by atoms with Crippen LogP contribution in [0.4, 0.5) is 0 Å². The van der Waals surface area contributed by atoms with Crippen LogP contribution in [-0.4, -0.2) is 29.5 Å². The topological polar surface area (TPSA) is 60.9 Å². The predicted molar refractivity (Wildman–Crippen MR) is 111 cm³/mol. The van der Waals surface area contributed by atoms with E-state index in [-0.39, 0.29) is 11.5 Å². The van der Waals surface area contributed by atoms with E-state index in [1.165, 1.54) is 0 Å². The number of carbonyl (C=O) groups is 1. The maximum absolute atomic E-state index is 13.0. The number of allylic oxidation sites excluding steroid dienone is 1. The fourth-order valence-electron chi connectivity index (χ4n) is 3.78. The van der Waals surface area contributed by atoms with Crippen LogP contribution in [0.5, 0.6) is 17.2 Å². The van der Waals surface area contributed by atoms with Crippen molar-refractivity contribution in [3.05, 3.63) is 88.9 Å². The Kier molecular flexibility index (Phi) is 4.69. The van der Waals surface area contributed by atoms with Crippen molar-refractivity contribution in [3.8, 4) is 17.2 Å². The summed E-state index contributed by atoms with van der Waals surface area (Å²) < 4.78 is 17.4. The molecule has 0 unspecified atom stereocenters. The molecule has 2 aromatic carbocycles. The predicted octanol–water partition coefficient (Wildman–Crippen LogP) is 4.06. The SMILES string of the molecule is COc1ccccc1/C=C1\Oc2c(ccc3c2CN(Cc2ccncc2)CO3)C1=O. The minimum Gasteiger partial charge on any atom is -0.496 e. The molecule has 5 rings (SSSR count). The van der Waals surface area contributed by atoms with Crippen LogP contribution >= 0.6 is 0 Å². The molecular weight excluding hydrogens is 380 g/mol. The van der Waals surface area contributed by atoms with Crippen molar-refractivity contribution in [2.45, 2.75) is 13.1 Å². The van der Waals surface area contributed by atoms with Gasteiger partial charge in [0.1, 0.15) is 24.0 Å². The number of methoxy groups -OCH3 is 1. The van der Waals surface area contributed by atoms with Gasteiger partial charge < -0.3 is 14.2 Å². The molecule has 0 atom stereocenters. The van der Waals surface area contributed by atoms with Crippen LogP contribution in [0.3, 0.4) is 0 Å². The van der Waals surface area contributed by atoms with E-state index >= 15 is 0 Å². The highest BCUT2D eigenvalue weighted by Crippen LogP contribution is 2.42. The molecule has 0 N–H and O–H groups in total. The van der Waals surface area contributed by atoms with Gasteiger partial charge in [0.15, 0.2) is 5.76 Å². The maximum atomic E-state index is 13.0. The van der Waals surface area contributed by atoms with Gasteiger partial charge in [-0.1, -0.05) is 18.2 Å². The van der Waals surface area contributed by atoms with Crippen molar-refractivity contribution in [2.24, 2.45) is 0 Å². The largest absolute Gasteiger partial charge is 0.496 e. The van der Waals surface area contributed by atoms with Crippen LogP contribution in [0.15, 0.2) is 66.7 Å². The summed E-state index contributed by atoms with van der Waals surface area (Å²) in [6.07, 6.45) is 5.29. The molecule has 0 bridgehead atoms. The zero-order valence-corrected chi connectivity index (χ0v) is 16.5. The van der Waals surface area contributed by atoms with Gasteiger partial charge >= 0.3 is 0 Å². The maximum Gasteiger partial charge on any atom is 0.231 e. The number of fused-ring (bicyclic) bond motifs is 3. The molecule has 2 aliphatic heterocycles. The van der Waals surface area contributed by atoms with Gasteiger partial charge in [-0.2, -0.15) is 0 Å². The lowest BCUT2D eigenvalue weighted by molar-refractivity contribution is 0.0872. The number of hydrogen-bond acceptors (Lipinski definition) is 6. The molecular formula is C24H20N2O4. The molecule has 3 heterocycles. The molecule has 6 nitrogen and oxygen atoms in total. The molecule has 150 valence electrons. The monoisotopic (exact) mass is 400 g/mol. The second kappa shape index (κ2) is 7.65. The molecule has 30 heavy (non-hydrogen) atoms. The van der Waals surface area contributed by atoms with Gasteiger partial charge in [-0.3, -0.25) is 14.7 Å². The summed E-state index contributed by atoms with van der Waals surface area (Å²) in [7, 11) is 1.61. The summed E-state index contributed by atoms with van der Waals surface area (Å²) in [5, 5.41) is 0. The molecule has 0 aliphatic carbocycles. The van der Waals surface area contributed by atoms with E-state index in [1.54, 1.807) is 31.6 Å². The van der Waals surface area contributed by atoms with Gasteiger partial charge in [-0.15, -0.1) is 0 Å². The fourth-order valence-corrected chi connectivity index (χ4v) is 3.78. The number of benzene rings is 2. The number of aromatic nitrogens is 1. The number of Topliss-reactive ketones (excluding diaryl/α,β-unsaturated/α-hetero) is 1. The van der Waals surface area contributed by atoms with Crippen molar-refractivity contribution in [1.29, 1.82) is 0 Å². The average molecular weight is 400 g/mol. The summed E-state index contributed by atoms with van der Waals surface area (Å²) in [6, 6.07) is 15.1. The van der Waals surface area contributed by atoms with E-state index < -0.39 is 0 Å². The third kappa shape index (κ3) is 3.31. The fraction of sp³-hybridized carbons (Fsp3) is 0.167. The Labute approximate surface area is 174 Å². The molecule has 0 amide bonds. The second-order valence-electron chi connectivity index (χ2n) is 7.22. The van der Waals surface area contributed by atoms with Gasteiger partial charge in [0.05, 0.1) is 18.2 Å². The number of ether oxygens (including phenoxy) is 3. The van der Waals surface area contributed by atoms with Crippen LogP contribution in [0, 0.1) is 0 Å². The molecule has 0 spiro atoms. The molecule has 0 saturated carbocycles. The third-order valence-electron chi connectivity index (χ3n) is 5.26. The number of rotatable bonds is 4. The van der Waals surface area contributed by atoms with Gasteiger partial charge in [-0.05, 0) is 42.0 Å². The van der Waals surface area contributed by atoms with E-state index in [1.807, 2.05) is 42.5 Å². The average Bonchev–Trinajstić information content (AvgIpc) is 3.11. The van der Waals surface area contributed by atoms with Gasteiger partial charge in [0.25, 0.3) is 0 Å². The lowest BCUT2D eigenvalue weighted by atomic mass is 10.0. The van der Waals surface area contributed by atoms with E-state index in [0.29, 0.717) is 30.3 Å². The zero-order valence-electron chi connectivity index (χ0n) is 16.5. The first-order chi connectivity index (χ1) is 14.7. The number of hydrogen-bond donors (Lipinski definition) is 0. The standard InChI is InChI=1S/C24H20N2O4/c1-28-20-5-3-2-4-17(20)12-22-23(27)18-6-7-21-19(24(18)30-22)14-26(15-29-21)13-16-8-10-25-11-9-16/h2-12H,13-15H2,1H3/b22-12-. The Morgan fingerprint density at radius 2 is 1.97 bits per heavy atom. The second-order valence-corrected chi connectivity index (χ2v) is 7.22. The number of para-hydroxylation sites is 1. The Morgan fingerprint density at radius 1 is 1.13 bits per heavy atom. The van der Waals surface area contributed by atoms with Crippen molar-refractivity contribution in [3.63, 3.8) is 0 Å². The lowest BCUT2D eigenvalue weighted by Gasteiger charge is -2.29. The molecule has 6 heteroatoms. The Morgan fingerprint density at radius 3 is 2.80 bits per heavy atom. The normalized spacial score (nSPS) is 16.6. The van der Waals surface area contributed by atoms with Crippen LogP contribution < -0.4 is 14.2 Å². The Balaban J connectivity index is 1.45. The van der Waals surface area contributed by atoms with Gasteiger partial charge in [0, 0.05) is 31.0 Å². The summed E-state index contributed by atoms with van der Waals surface area (Å²) in [4.78, 5) is 19.2. The van der Waals surface area contributed by atoms with Crippen LogP contribution in [0.1, 0.15) is 27.0 Å². The number of carbonyl (C=O) groups excluding carboxylic acids is 1. The minimum absolute atomic E-state index is 0.134. The van der Waals surface area contributed by atoms with Gasteiger partial charge in [0.2, 0.25) is 5.78 Å². The molecule has 0 fully saturated rings. The van der Waals surface area contributed by atoms with E-state index in [2.05, 4.69) is 9.88 Å². The summed E-state index contributed by atoms with van der Waals surface area (Å²) >= 11 is 0. The van der Waals surface area contributed by atoms with Crippen molar-refractivity contribution >= 4 is 11.9 Å². The summed E-state index contributed by atoms with van der Waals surface area (Å²) in [5.74, 6) is 2.18. The highest BCUT2D eigenvalue weighted by Gasteiger charge is 2.33. The van der Waals surface area contributed by atoms with E-state index in [4.69, 9.17) is 14.2 Å². The first-order valence-corrected chi connectivity index (χ1v) is 9.70. The molecule has 3 aromatic rings. The lowest BCUT2D eigenvalue weighted by Crippen LogP contribution is -2.31. The van der Waals surface area contributed by atoms with Crippen molar-refractivity contribution in [2.75, 3.05) is 13.8 Å². The van der Waals surface area contributed by atoms with Crippen LogP contribution in [0.25, 0.3) is 6.08 Å².